The summed E-state index contributed by atoms with van der Waals surface area (Å²) in [6, 6.07) is 1.83. The molecule has 2 N–H and O–H groups in total. The van der Waals surface area contributed by atoms with Gasteiger partial charge in [0, 0.05) is 5.70 Å². The number of esters is 1. The van der Waals surface area contributed by atoms with Crippen molar-refractivity contribution in [3.05, 3.63) is 22.9 Å². The first-order valence-corrected chi connectivity index (χ1v) is 4.95. The first-order valence-electron chi connectivity index (χ1n) is 4.95. The molecule has 1 rings (SSSR count). The normalized spacial score (nSPS) is 16.4. The van der Waals surface area contributed by atoms with Gasteiger partial charge >= 0.3 is 5.97 Å². The number of allylic oxidation sites excluding steroid dienone is 3. The molecule has 0 aromatic rings. The molecule has 0 atom stereocenters. The summed E-state index contributed by atoms with van der Waals surface area (Å²) >= 11 is 0. The number of nitriles is 1. The van der Waals surface area contributed by atoms with Crippen molar-refractivity contribution in [2.75, 3.05) is 6.61 Å². The van der Waals surface area contributed by atoms with Gasteiger partial charge in [-0.2, -0.15) is 5.26 Å². The van der Waals surface area contributed by atoms with Gasteiger partial charge in [-0.25, -0.2) is 4.79 Å². The van der Waals surface area contributed by atoms with Gasteiger partial charge in [0.2, 0.25) is 0 Å². The molecule has 0 aromatic heterocycles. The van der Waals surface area contributed by atoms with Crippen LogP contribution in [0.4, 0.5) is 0 Å². The molecule has 0 saturated heterocycles. The maximum Gasteiger partial charge on any atom is 0.348 e. The lowest BCUT2D eigenvalue weighted by Crippen LogP contribution is -2.07. The first-order chi connectivity index (χ1) is 7.19. The third-order valence-corrected chi connectivity index (χ3v) is 2.24. The van der Waals surface area contributed by atoms with E-state index >= 15 is 0 Å². The van der Waals surface area contributed by atoms with Crippen LogP contribution in [-0.2, 0) is 9.53 Å². The van der Waals surface area contributed by atoms with E-state index in [1.54, 1.807) is 13.0 Å². The zero-order valence-electron chi connectivity index (χ0n) is 8.75. The molecule has 0 aliphatic heterocycles. The predicted molar refractivity (Wildman–Crippen MR) is 55.4 cm³/mol. The van der Waals surface area contributed by atoms with Crippen molar-refractivity contribution in [2.24, 2.45) is 5.73 Å². The van der Waals surface area contributed by atoms with Gasteiger partial charge in [-0.15, -0.1) is 0 Å². The second-order valence-electron chi connectivity index (χ2n) is 3.29. The summed E-state index contributed by atoms with van der Waals surface area (Å²) < 4.78 is 4.75. The number of hydrogen-bond acceptors (Lipinski definition) is 4. The molecule has 0 amide bonds. The van der Waals surface area contributed by atoms with Crippen molar-refractivity contribution < 1.29 is 9.53 Å². The number of ether oxygens (including phenoxy) is 1. The Bertz CT molecular complexity index is 361. The van der Waals surface area contributed by atoms with Gasteiger partial charge in [-0.3, -0.25) is 0 Å². The Hall–Kier alpha value is -1.76. The Labute approximate surface area is 89.0 Å². The van der Waals surface area contributed by atoms with Gasteiger partial charge in [-0.05, 0) is 37.8 Å². The van der Waals surface area contributed by atoms with E-state index in [4.69, 9.17) is 15.7 Å². The Balaban J connectivity index is 2.83. The SMILES string of the molecule is CCOC(=O)/C(C#N)=C/C1=C(N)CCC1. The van der Waals surface area contributed by atoms with Crippen molar-refractivity contribution in [1.29, 1.82) is 5.26 Å². The third-order valence-electron chi connectivity index (χ3n) is 2.24. The van der Waals surface area contributed by atoms with Crippen LogP contribution in [-0.4, -0.2) is 12.6 Å². The molecule has 4 nitrogen and oxygen atoms in total. The lowest BCUT2D eigenvalue weighted by atomic mass is 10.1. The fourth-order valence-electron chi connectivity index (χ4n) is 1.48. The van der Waals surface area contributed by atoms with Crippen LogP contribution in [0.2, 0.25) is 0 Å². The second kappa shape index (κ2) is 5.20. The van der Waals surface area contributed by atoms with E-state index in [0.717, 1.165) is 30.5 Å². The standard InChI is InChI=1S/C11H14N2O2/c1-2-15-11(14)9(7-12)6-8-4-3-5-10(8)13/h6H,2-5,13H2,1H3/b9-6+. The maximum atomic E-state index is 11.3. The first kappa shape index (κ1) is 11.3. The van der Waals surface area contributed by atoms with E-state index in [1.807, 2.05) is 6.07 Å². The van der Waals surface area contributed by atoms with Crippen LogP contribution in [0, 0.1) is 11.3 Å². The summed E-state index contributed by atoms with van der Waals surface area (Å²) in [4.78, 5) is 11.3. The summed E-state index contributed by atoms with van der Waals surface area (Å²) in [5, 5.41) is 8.79. The lowest BCUT2D eigenvalue weighted by molar-refractivity contribution is -0.138. The van der Waals surface area contributed by atoms with Crippen LogP contribution in [0.1, 0.15) is 26.2 Å². The molecule has 80 valence electrons. The van der Waals surface area contributed by atoms with Gasteiger partial charge < -0.3 is 10.5 Å². The highest BCUT2D eigenvalue weighted by Gasteiger charge is 2.14. The van der Waals surface area contributed by atoms with Crippen molar-refractivity contribution in [3.8, 4) is 6.07 Å². The molecule has 0 radical (unpaired) electrons. The quantitative estimate of drug-likeness (QED) is 0.430. The van der Waals surface area contributed by atoms with Crippen molar-refractivity contribution in [2.45, 2.75) is 26.2 Å². The van der Waals surface area contributed by atoms with E-state index in [-0.39, 0.29) is 12.2 Å². The minimum Gasteiger partial charge on any atom is -0.462 e. The summed E-state index contributed by atoms with van der Waals surface area (Å²) in [7, 11) is 0. The topological polar surface area (TPSA) is 76.1 Å². The van der Waals surface area contributed by atoms with Crippen LogP contribution in [0.3, 0.4) is 0 Å². The molecular weight excluding hydrogens is 192 g/mol. The second-order valence-corrected chi connectivity index (χ2v) is 3.29. The molecule has 0 spiro atoms. The summed E-state index contributed by atoms with van der Waals surface area (Å²) in [6.07, 6.45) is 4.20. The average molecular weight is 206 g/mol. The van der Waals surface area contributed by atoms with Gasteiger partial charge in [0.15, 0.2) is 0 Å². The number of carbonyl (C=O) groups is 1. The molecule has 0 aromatic carbocycles. The van der Waals surface area contributed by atoms with E-state index in [0.29, 0.717) is 0 Å². The van der Waals surface area contributed by atoms with E-state index in [1.165, 1.54) is 0 Å². The molecule has 0 bridgehead atoms. The molecule has 4 heteroatoms. The molecule has 0 saturated carbocycles. The maximum absolute atomic E-state index is 11.3. The largest absolute Gasteiger partial charge is 0.462 e. The minimum atomic E-state index is -0.577. The van der Waals surface area contributed by atoms with Crippen LogP contribution in [0.15, 0.2) is 22.9 Å². The fraction of sp³-hybridized carbons (Fsp3) is 0.455. The fourth-order valence-corrected chi connectivity index (χ4v) is 1.48. The summed E-state index contributed by atoms with van der Waals surface area (Å²) in [5.74, 6) is -0.577. The smallest absolute Gasteiger partial charge is 0.348 e. The van der Waals surface area contributed by atoms with Crippen molar-refractivity contribution in [3.63, 3.8) is 0 Å². The Kier molecular flexibility index (Phi) is 3.92. The zero-order valence-corrected chi connectivity index (χ0v) is 8.75. The van der Waals surface area contributed by atoms with E-state index in [2.05, 4.69) is 0 Å². The third kappa shape index (κ3) is 2.84. The highest BCUT2D eigenvalue weighted by Crippen LogP contribution is 2.24. The number of carbonyl (C=O) groups excluding carboxylic acids is 1. The number of nitrogens with zero attached hydrogens (tertiary/aromatic N) is 1. The Morgan fingerprint density at radius 3 is 2.87 bits per heavy atom. The van der Waals surface area contributed by atoms with E-state index in [9.17, 15) is 4.79 Å². The van der Waals surface area contributed by atoms with Crippen molar-refractivity contribution >= 4 is 5.97 Å². The number of rotatable bonds is 3. The summed E-state index contributed by atoms with van der Waals surface area (Å²) in [6.45, 7) is 1.97. The van der Waals surface area contributed by atoms with Gasteiger partial charge in [0.25, 0.3) is 0 Å². The molecule has 0 heterocycles. The highest BCUT2D eigenvalue weighted by atomic mass is 16.5. The average Bonchev–Trinajstić information content (AvgIpc) is 2.61. The molecule has 1 aliphatic rings. The van der Waals surface area contributed by atoms with Crippen LogP contribution in [0.25, 0.3) is 0 Å². The molecular formula is C11H14N2O2. The highest BCUT2D eigenvalue weighted by molar-refractivity contribution is 5.93. The van der Waals surface area contributed by atoms with Gasteiger partial charge in [-0.1, -0.05) is 0 Å². The van der Waals surface area contributed by atoms with Gasteiger partial charge in [0.1, 0.15) is 11.6 Å². The zero-order chi connectivity index (χ0) is 11.3. The summed E-state index contributed by atoms with van der Waals surface area (Å²) in [5.41, 5.74) is 7.41. The van der Waals surface area contributed by atoms with Crippen LogP contribution in [0.5, 0.6) is 0 Å². The van der Waals surface area contributed by atoms with Crippen molar-refractivity contribution in [1.82, 2.24) is 0 Å². The number of nitrogens with two attached hydrogens (primary N) is 1. The predicted octanol–water partition coefficient (Wildman–Crippen LogP) is 1.40. The number of hydrogen-bond donors (Lipinski definition) is 1. The Morgan fingerprint density at radius 2 is 2.40 bits per heavy atom. The molecule has 0 unspecified atom stereocenters. The Morgan fingerprint density at radius 1 is 1.67 bits per heavy atom. The molecule has 0 fully saturated rings. The lowest BCUT2D eigenvalue weighted by Gasteiger charge is -2.00. The molecule has 15 heavy (non-hydrogen) atoms. The molecule has 1 aliphatic carbocycles. The van der Waals surface area contributed by atoms with Crippen LogP contribution >= 0.6 is 0 Å². The van der Waals surface area contributed by atoms with Gasteiger partial charge in [0.05, 0.1) is 6.61 Å². The van der Waals surface area contributed by atoms with E-state index < -0.39 is 5.97 Å². The monoisotopic (exact) mass is 206 g/mol. The van der Waals surface area contributed by atoms with Crippen LogP contribution < -0.4 is 5.73 Å². The minimum absolute atomic E-state index is 0.0247.